The number of rotatable bonds is 3. The molecule has 0 saturated carbocycles. The van der Waals surface area contributed by atoms with E-state index >= 15 is 0 Å². The van der Waals surface area contributed by atoms with Gasteiger partial charge in [0.25, 0.3) is 0 Å². The first-order valence-electron chi connectivity index (χ1n) is 6.16. The molecule has 0 fully saturated rings. The molecule has 0 spiro atoms. The lowest BCUT2D eigenvalue weighted by Crippen LogP contribution is -2.01. The number of aryl methyl sites for hydroxylation is 1. The number of hydrogen-bond donors (Lipinski definition) is 0. The van der Waals surface area contributed by atoms with E-state index in [2.05, 4.69) is 29.3 Å². The predicted octanol–water partition coefficient (Wildman–Crippen LogP) is 3.54. The Morgan fingerprint density at radius 2 is 2.06 bits per heavy atom. The molecule has 90 valence electrons. The Balaban J connectivity index is 1.84. The van der Waals surface area contributed by atoms with Crippen molar-refractivity contribution < 1.29 is 4.74 Å². The molecule has 0 amide bonds. The van der Waals surface area contributed by atoms with Crippen LogP contribution in [0.25, 0.3) is 6.08 Å². The first-order chi connectivity index (χ1) is 8.84. The van der Waals surface area contributed by atoms with E-state index in [1.54, 1.807) is 0 Å². The molecule has 1 aromatic carbocycles. The molecule has 0 N–H and O–H groups in total. The van der Waals surface area contributed by atoms with Crippen LogP contribution in [0.15, 0.2) is 42.6 Å². The molecule has 2 aromatic rings. The molecule has 1 heterocycles. The molecular formula is C16H15NO. The van der Waals surface area contributed by atoms with Crippen molar-refractivity contribution in [2.45, 2.75) is 20.0 Å². The minimum absolute atomic E-state index is 0.609. The van der Waals surface area contributed by atoms with Gasteiger partial charge in [0.2, 0.25) is 0 Å². The van der Waals surface area contributed by atoms with E-state index in [1.165, 1.54) is 11.1 Å². The lowest BCUT2D eigenvalue weighted by molar-refractivity contribution is 0.301. The number of allylic oxidation sites excluding steroid dienone is 1. The van der Waals surface area contributed by atoms with Crippen molar-refractivity contribution in [3.8, 4) is 5.75 Å². The van der Waals surface area contributed by atoms with Crippen LogP contribution >= 0.6 is 0 Å². The van der Waals surface area contributed by atoms with Crippen LogP contribution in [0, 0.1) is 6.92 Å². The Bertz CT molecular complexity index is 588. The van der Waals surface area contributed by atoms with Gasteiger partial charge in [0, 0.05) is 17.3 Å². The highest BCUT2D eigenvalue weighted by molar-refractivity contribution is 5.61. The second-order valence-corrected chi connectivity index (χ2v) is 4.51. The van der Waals surface area contributed by atoms with Gasteiger partial charge in [-0.3, -0.25) is 4.98 Å². The molecule has 18 heavy (non-hydrogen) atoms. The quantitative estimate of drug-likeness (QED) is 0.814. The van der Waals surface area contributed by atoms with E-state index in [0.29, 0.717) is 6.61 Å². The van der Waals surface area contributed by atoms with Crippen molar-refractivity contribution in [3.05, 3.63) is 65.0 Å². The van der Waals surface area contributed by atoms with Gasteiger partial charge in [0.15, 0.2) is 0 Å². The summed E-state index contributed by atoms with van der Waals surface area (Å²) in [5, 5.41) is 0. The van der Waals surface area contributed by atoms with Crippen LogP contribution in [0.1, 0.15) is 22.4 Å². The van der Waals surface area contributed by atoms with Gasteiger partial charge in [-0.1, -0.05) is 36.4 Å². The summed E-state index contributed by atoms with van der Waals surface area (Å²) in [6.07, 6.45) is 7.00. The topological polar surface area (TPSA) is 22.1 Å². The van der Waals surface area contributed by atoms with Crippen LogP contribution in [-0.4, -0.2) is 4.98 Å². The van der Waals surface area contributed by atoms with E-state index < -0.39 is 0 Å². The average molecular weight is 237 g/mol. The smallest absolute Gasteiger partial charge is 0.129 e. The summed E-state index contributed by atoms with van der Waals surface area (Å²) < 4.78 is 5.99. The number of benzene rings is 1. The van der Waals surface area contributed by atoms with Crippen LogP contribution in [0.4, 0.5) is 0 Å². The van der Waals surface area contributed by atoms with Gasteiger partial charge >= 0.3 is 0 Å². The maximum atomic E-state index is 5.99. The van der Waals surface area contributed by atoms with Crippen LogP contribution < -0.4 is 4.74 Å². The van der Waals surface area contributed by atoms with Gasteiger partial charge in [0.05, 0.1) is 5.69 Å². The fraction of sp³-hybridized carbons (Fsp3) is 0.188. The summed E-state index contributed by atoms with van der Waals surface area (Å²) in [5.74, 6) is 0.994. The molecule has 1 aliphatic carbocycles. The van der Waals surface area contributed by atoms with Gasteiger partial charge in [-0.15, -0.1) is 0 Å². The summed E-state index contributed by atoms with van der Waals surface area (Å²) in [6, 6.07) is 10.2. The molecule has 0 saturated heterocycles. The Labute approximate surface area is 107 Å². The van der Waals surface area contributed by atoms with Gasteiger partial charge in [-0.2, -0.15) is 0 Å². The Hall–Kier alpha value is -2.09. The van der Waals surface area contributed by atoms with Crippen molar-refractivity contribution in [3.63, 3.8) is 0 Å². The third-order valence-corrected chi connectivity index (χ3v) is 3.16. The first kappa shape index (κ1) is 11.0. The molecular weight excluding hydrogens is 222 g/mol. The molecule has 1 aromatic heterocycles. The second-order valence-electron chi connectivity index (χ2n) is 4.51. The Morgan fingerprint density at radius 3 is 2.89 bits per heavy atom. The van der Waals surface area contributed by atoms with Crippen molar-refractivity contribution in [2.24, 2.45) is 0 Å². The third-order valence-electron chi connectivity index (χ3n) is 3.16. The fourth-order valence-electron chi connectivity index (χ4n) is 2.22. The number of nitrogens with zero attached hydrogens (tertiary/aromatic N) is 1. The van der Waals surface area contributed by atoms with Crippen LogP contribution in [-0.2, 0) is 13.0 Å². The average Bonchev–Trinajstić information content (AvgIpc) is 2.87. The highest BCUT2D eigenvalue weighted by Gasteiger charge is 2.15. The van der Waals surface area contributed by atoms with Crippen molar-refractivity contribution in [2.75, 3.05) is 0 Å². The molecule has 2 nitrogen and oxygen atoms in total. The monoisotopic (exact) mass is 237 g/mol. The minimum atomic E-state index is 0.609. The number of fused-ring (bicyclic) bond motifs is 1. The molecule has 0 bridgehead atoms. The van der Waals surface area contributed by atoms with Crippen molar-refractivity contribution in [1.29, 1.82) is 0 Å². The van der Waals surface area contributed by atoms with E-state index in [0.717, 1.165) is 23.4 Å². The number of hydrogen-bond acceptors (Lipinski definition) is 2. The zero-order valence-corrected chi connectivity index (χ0v) is 10.4. The molecule has 0 unspecified atom stereocenters. The molecule has 0 aliphatic heterocycles. The van der Waals surface area contributed by atoms with Gasteiger partial charge < -0.3 is 4.74 Å². The van der Waals surface area contributed by atoms with Crippen molar-refractivity contribution >= 4 is 6.08 Å². The van der Waals surface area contributed by atoms with E-state index in [-0.39, 0.29) is 0 Å². The van der Waals surface area contributed by atoms with E-state index in [1.807, 2.05) is 31.3 Å². The molecule has 3 rings (SSSR count). The van der Waals surface area contributed by atoms with Crippen LogP contribution in [0.5, 0.6) is 5.75 Å². The summed E-state index contributed by atoms with van der Waals surface area (Å²) >= 11 is 0. The Morgan fingerprint density at radius 1 is 1.22 bits per heavy atom. The number of pyridine rings is 1. The SMILES string of the molecule is Cc1cnc2c(c1OCc1ccccc1)CC=C2. The lowest BCUT2D eigenvalue weighted by atomic mass is 10.1. The maximum absolute atomic E-state index is 5.99. The fourth-order valence-corrected chi connectivity index (χ4v) is 2.22. The van der Waals surface area contributed by atoms with E-state index in [4.69, 9.17) is 4.74 Å². The molecule has 2 heteroatoms. The number of aromatic nitrogens is 1. The summed E-state index contributed by atoms with van der Waals surface area (Å²) in [4.78, 5) is 4.41. The normalized spacial score (nSPS) is 12.5. The maximum Gasteiger partial charge on any atom is 0.129 e. The summed E-state index contributed by atoms with van der Waals surface area (Å²) in [5.41, 5.74) is 4.55. The summed E-state index contributed by atoms with van der Waals surface area (Å²) in [7, 11) is 0. The highest BCUT2D eigenvalue weighted by atomic mass is 16.5. The van der Waals surface area contributed by atoms with E-state index in [9.17, 15) is 0 Å². The summed E-state index contributed by atoms with van der Waals surface area (Å²) in [6.45, 7) is 2.66. The largest absolute Gasteiger partial charge is 0.488 e. The van der Waals surface area contributed by atoms with Crippen LogP contribution in [0.3, 0.4) is 0 Å². The van der Waals surface area contributed by atoms with Gasteiger partial charge in [0.1, 0.15) is 12.4 Å². The predicted molar refractivity (Wildman–Crippen MR) is 72.5 cm³/mol. The van der Waals surface area contributed by atoms with Crippen LogP contribution in [0.2, 0.25) is 0 Å². The molecule has 0 radical (unpaired) electrons. The number of ether oxygens (including phenoxy) is 1. The third kappa shape index (κ3) is 2.02. The zero-order valence-electron chi connectivity index (χ0n) is 10.4. The zero-order chi connectivity index (χ0) is 12.4. The standard InChI is InChI=1S/C16H15NO/c1-12-10-17-15-9-5-8-14(15)16(12)18-11-13-6-3-2-4-7-13/h2-7,9-10H,8,11H2,1H3. The highest BCUT2D eigenvalue weighted by Crippen LogP contribution is 2.30. The van der Waals surface area contributed by atoms with Gasteiger partial charge in [-0.05, 0) is 25.0 Å². The lowest BCUT2D eigenvalue weighted by Gasteiger charge is -2.13. The molecule has 1 aliphatic rings. The first-order valence-corrected chi connectivity index (χ1v) is 6.16. The second kappa shape index (κ2) is 4.65. The molecule has 0 atom stereocenters. The van der Waals surface area contributed by atoms with Crippen molar-refractivity contribution in [1.82, 2.24) is 4.98 Å². The Kier molecular flexibility index (Phi) is 2.85. The van der Waals surface area contributed by atoms with Gasteiger partial charge in [-0.25, -0.2) is 0 Å². The minimum Gasteiger partial charge on any atom is -0.488 e.